The topological polar surface area (TPSA) is 57.5 Å². The fraction of sp³-hybridized carbons (Fsp3) is 0.960. The van der Waals surface area contributed by atoms with Crippen molar-refractivity contribution in [2.75, 3.05) is 6.61 Å². The molecular formula is C25H52O3. The summed E-state index contributed by atoms with van der Waals surface area (Å²) >= 11 is 0. The van der Waals surface area contributed by atoms with Crippen molar-refractivity contribution >= 4 is 5.97 Å². The number of hydrogen-bond acceptors (Lipinski definition) is 2. The van der Waals surface area contributed by atoms with E-state index in [0.717, 1.165) is 25.2 Å². The van der Waals surface area contributed by atoms with E-state index in [4.69, 9.17) is 10.2 Å². The summed E-state index contributed by atoms with van der Waals surface area (Å²) in [7, 11) is 0. The molecule has 170 valence electrons. The van der Waals surface area contributed by atoms with Crippen LogP contribution >= 0.6 is 0 Å². The van der Waals surface area contributed by atoms with Crippen molar-refractivity contribution in [3.05, 3.63) is 0 Å². The summed E-state index contributed by atoms with van der Waals surface area (Å²) in [5, 5.41) is 17.0. The Labute approximate surface area is 176 Å². The summed E-state index contributed by atoms with van der Waals surface area (Å²) in [6.07, 6.45) is 23.5. The van der Waals surface area contributed by atoms with E-state index in [-0.39, 0.29) is 0 Å². The molecule has 0 aromatic rings. The SMILES string of the molecule is CC(C)CCCCCCCCCCCCO.CCCCCCCCCC(=O)O. The van der Waals surface area contributed by atoms with Crippen molar-refractivity contribution in [2.24, 2.45) is 5.92 Å². The second-order valence-corrected chi connectivity index (χ2v) is 8.71. The summed E-state index contributed by atoms with van der Waals surface area (Å²) < 4.78 is 0. The van der Waals surface area contributed by atoms with E-state index in [1.54, 1.807) is 0 Å². The molecule has 0 aliphatic carbocycles. The van der Waals surface area contributed by atoms with Gasteiger partial charge in [-0.15, -0.1) is 0 Å². The largest absolute Gasteiger partial charge is 0.481 e. The summed E-state index contributed by atoms with van der Waals surface area (Å²) in [6.45, 7) is 7.19. The van der Waals surface area contributed by atoms with E-state index in [1.165, 1.54) is 96.3 Å². The van der Waals surface area contributed by atoms with Crippen LogP contribution in [0.1, 0.15) is 143 Å². The average molecular weight is 401 g/mol. The lowest BCUT2D eigenvalue weighted by atomic mass is 10.0. The van der Waals surface area contributed by atoms with Crippen molar-refractivity contribution < 1.29 is 15.0 Å². The first kappa shape index (κ1) is 29.6. The fourth-order valence-electron chi connectivity index (χ4n) is 3.31. The molecule has 28 heavy (non-hydrogen) atoms. The molecule has 0 aliphatic rings. The highest BCUT2D eigenvalue weighted by molar-refractivity contribution is 5.66. The van der Waals surface area contributed by atoms with Gasteiger partial charge in [0.15, 0.2) is 0 Å². The Morgan fingerprint density at radius 2 is 1.04 bits per heavy atom. The van der Waals surface area contributed by atoms with E-state index in [1.807, 2.05) is 0 Å². The van der Waals surface area contributed by atoms with Gasteiger partial charge in [-0.25, -0.2) is 0 Å². The highest BCUT2D eigenvalue weighted by Gasteiger charge is 1.96. The molecule has 0 rings (SSSR count). The maximum atomic E-state index is 10.1. The molecule has 0 unspecified atom stereocenters. The van der Waals surface area contributed by atoms with Gasteiger partial charge in [-0.05, 0) is 18.8 Å². The monoisotopic (exact) mass is 400 g/mol. The third-order valence-electron chi connectivity index (χ3n) is 5.18. The second kappa shape index (κ2) is 26.4. The number of unbranched alkanes of at least 4 members (excludes halogenated alkanes) is 15. The van der Waals surface area contributed by atoms with Gasteiger partial charge in [-0.2, -0.15) is 0 Å². The number of hydrogen-bond donors (Lipinski definition) is 2. The number of rotatable bonds is 20. The Balaban J connectivity index is 0. The van der Waals surface area contributed by atoms with Gasteiger partial charge < -0.3 is 10.2 Å². The zero-order chi connectivity index (χ0) is 21.3. The minimum Gasteiger partial charge on any atom is -0.481 e. The van der Waals surface area contributed by atoms with Crippen LogP contribution in [0.4, 0.5) is 0 Å². The van der Waals surface area contributed by atoms with E-state index in [9.17, 15) is 4.79 Å². The van der Waals surface area contributed by atoms with Gasteiger partial charge in [0.05, 0.1) is 0 Å². The van der Waals surface area contributed by atoms with Crippen LogP contribution in [-0.4, -0.2) is 22.8 Å². The Hall–Kier alpha value is -0.570. The van der Waals surface area contributed by atoms with Crippen molar-refractivity contribution in [1.29, 1.82) is 0 Å². The first-order chi connectivity index (χ1) is 13.5. The molecule has 0 spiro atoms. The summed E-state index contributed by atoms with van der Waals surface area (Å²) in [4.78, 5) is 10.1. The zero-order valence-corrected chi connectivity index (χ0v) is 19.5. The van der Waals surface area contributed by atoms with Gasteiger partial charge in [0.2, 0.25) is 0 Å². The molecule has 3 heteroatoms. The lowest BCUT2D eigenvalue weighted by Crippen LogP contribution is -1.93. The highest BCUT2D eigenvalue weighted by atomic mass is 16.4. The predicted molar refractivity (Wildman–Crippen MR) is 123 cm³/mol. The molecule has 0 radical (unpaired) electrons. The van der Waals surface area contributed by atoms with Crippen LogP contribution < -0.4 is 0 Å². The first-order valence-electron chi connectivity index (χ1n) is 12.4. The standard InChI is InChI=1S/C15H32O.C10H20O2/c1-15(2)13-11-9-7-5-3-4-6-8-10-12-14-16;1-2-3-4-5-6-7-8-9-10(11)12/h15-16H,3-14H2,1-2H3;2-9H2,1H3,(H,11,12). The molecule has 0 aromatic carbocycles. The number of aliphatic hydroxyl groups excluding tert-OH is 1. The van der Waals surface area contributed by atoms with Crippen LogP contribution in [0.2, 0.25) is 0 Å². The maximum Gasteiger partial charge on any atom is 0.303 e. The van der Waals surface area contributed by atoms with Crippen LogP contribution in [0.15, 0.2) is 0 Å². The first-order valence-corrected chi connectivity index (χ1v) is 12.4. The zero-order valence-electron chi connectivity index (χ0n) is 19.5. The van der Waals surface area contributed by atoms with E-state index < -0.39 is 5.97 Å². The van der Waals surface area contributed by atoms with Crippen LogP contribution in [-0.2, 0) is 4.79 Å². The van der Waals surface area contributed by atoms with E-state index >= 15 is 0 Å². The van der Waals surface area contributed by atoms with Crippen molar-refractivity contribution in [3.8, 4) is 0 Å². The molecule has 0 atom stereocenters. The molecule has 2 N–H and O–H groups in total. The Bertz CT molecular complexity index is 290. The van der Waals surface area contributed by atoms with E-state index in [2.05, 4.69) is 20.8 Å². The number of aliphatic carboxylic acids is 1. The van der Waals surface area contributed by atoms with Gasteiger partial charge in [0.25, 0.3) is 0 Å². The molecule has 0 fully saturated rings. The predicted octanol–water partition coefficient (Wildman–Crippen LogP) is 8.14. The molecule has 0 aromatic heterocycles. The number of carboxylic acid groups (broad SMARTS) is 1. The normalized spacial score (nSPS) is 10.8. The Morgan fingerprint density at radius 1 is 0.643 bits per heavy atom. The average Bonchev–Trinajstić information content (AvgIpc) is 2.65. The van der Waals surface area contributed by atoms with Gasteiger partial charge in [0, 0.05) is 13.0 Å². The van der Waals surface area contributed by atoms with Gasteiger partial charge >= 0.3 is 5.97 Å². The fourth-order valence-corrected chi connectivity index (χ4v) is 3.31. The summed E-state index contributed by atoms with van der Waals surface area (Å²) in [5.41, 5.74) is 0. The molecular weight excluding hydrogens is 348 g/mol. The lowest BCUT2D eigenvalue weighted by molar-refractivity contribution is -0.137. The van der Waals surface area contributed by atoms with Crippen LogP contribution in [0.3, 0.4) is 0 Å². The van der Waals surface area contributed by atoms with Crippen LogP contribution in [0.5, 0.6) is 0 Å². The van der Waals surface area contributed by atoms with Crippen LogP contribution in [0.25, 0.3) is 0 Å². The van der Waals surface area contributed by atoms with E-state index in [0.29, 0.717) is 13.0 Å². The van der Waals surface area contributed by atoms with Crippen LogP contribution in [0, 0.1) is 5.92 Å². The molecule has 0 bridgehead atoms. The van der Waals surface area contributed by atoms with Crippen molar-refractivity contribution in [2.45, 2.75) is 143 Å². The minimum atomic E-state index is -0.663. The summed E-state index contributed by atoms with van der Waals surface area (Å²) in [6, 6.07) is 0. The summed E-state index contributed by atoms with van der Waals surface area (Å²) in [5.74, 6) is 0.218. The molecule has 0 heterocycles. The Kier molecular flexibility index (Phi) is 28.0. The van der Waals surface area contributed by atoms with Gasteiger partial charge in [0.1, 0.15) is 0 Å². The second-order valence-electron chi connectivity index (χ2n) is 8.71. The molecule has 3 nitrogen and oxygen atoms in total. The molecule has 0 aliphatic heterocycles. The number of carbonyl (C=O) groups is 1. The third kappa shape index (κ3) is 33.0. The van der Waals surface area contributed by atoms with Gasteiger partial charge in [-0.1, -0.05) is 124 Å². The number of carboxylic acids is 1. The maximum absolute atomic E-state index is 10.1. The lowest BCUT2D eigenvalue weighted by Gasteiger charge is -2.04. The van der Waals surface area contributed by atoms with Crippen molar-refractivity contribution in [1.82, 2.24) is 0 Å². The minimum absolute atomic E-state index is 0.341. The smallest absolute Gasteiger partial charge is 0.303 e. The highest BCUT2D eigenvalue weighted by Crippen LogP contribution is 2.13. The van der Waals surface area contributed by atoms with Crippen molar-refractivity contribution in [3.63, 3.8) is 0 Å². The number of aliphatic hydroxyl groups is 1. The quantitative estimate of drug-likeness (QED) is 0.203. The Morgan fingerprint density at radius 3 is 1.43 bits per heavy atom. The molecule has 0 amide bonds. The molecule has 0 saturated heterocycles. The molecule has 0 saturated carbocycles. The van der Waals surface area contributed by atoms with Gasteiger partial charge in [-0.3, -0.25) is 4.79 Å². The third-order valence-corrected chi connectivity index (χ3v) is 5.18.